The van der Waals surface area contributed by atoms with E-state index in [1.165, 1.54) is 0 Å². The van der Waals surface area contributed by atoms with Crippen molar-refractivity contribution in [2.24, 2.45) is 0 Å². The molecule has 0 bridgehead atoms. The molecule has 0 saturated carbocycles. The molecule has 15 heavy (non-hydrogen) atoms. The lowest BCUT2D eigenvalue weighted by molar-refractivity contribution is 0.192. The van der Waals surface area contributed by atoms with Crippen molar-refractivity contribution in [3.63, 3.8) is 0 Å². The maximum absolute atomic E-state index is 9.63. The van der Waals surface area contributed by atoms with Gasteiger partial charge in [0.2, 0.25) is 5.88 Å². The van der Waals surface area contributed by atoms with Crippen molar-refractivity contribution in [3.8, 4) is 5.88 Å². The van der Waals surface area contributed by atoms with Crippen LogP contribution in [0.3, 0.4) is 0 Å². The topological polar surface area (TPSA) is 59.7 Å². The summed E-state index contributed by atoms with van der Waals surface area (Å²) in [5, 5.41) is 9.63. The van der Waals surface area contributed by atoms with Gasteiger partial charge in [0.05, 0.1) is 37.0 Å². The van der Waals surface area contributed by atoms with Gasteiger partial charge < -0.3 is 9.84 Å². The Balaban J connectivity index is 2.72. The second-order valence-electron chi connectivity index (χ2n) is 3.42. The molecule has 2 aromatic heterocycles. The highest BCUT2D eigenvalue weighted by Crippen LogP contribution is 2.20. The Labute approximate surface area is 87.4 Å². The largest absolute Gasteiger partial charge is 0.480 e. The number of ether oxygens (including phenoxy) is 1. The molecule has 80 valence electrons. The first kappa shape index (κ1) is 9.92. The number of aromatic nitrogens is 3. The number of imidazole rings is 1. The van der Waals surface area contributed by atoms with Crippen LogP contribution >= 0.6 is 0 Å². The lowest BCUT2D eigenvalue weighted by atomic mass is 10.2. The van der Waals surface area contributed by atoms with Crippen molar-refractivity contribution in [2.75, 3.05) is 7.11 Å². The van der Waals surface area contributed by atoms with Crippen LogP contribution in [0, 0.1) is 6.92 Å². The van der Waals surface area contributed by atoms with E-state index in [2.05, 4.69) is 9.97 Å². The zero-order valence-corrected chi connectivity index (χ0v) is 8.93. The van der Waals surface area contributed by atoms with Gasteiger partial charge in [0.25, 0.3) is 0 Å². The standard InChI is InChI=1S/C10H13N3O2/c1-6-10(7(2)14)13-5-9(15-3)11-4-8(13)12-6/h4-5,7,14H,1-3H3. The number of nitrogens with zero attached hydrogens (tertiary/aromatic N) is 3. The Morgan fingerprint density at radius 1 is 1.53 bits per heavy atom. The molecule has 5 heteroatoms. The number of hydrogen-bond donors (Lipinski definition) is 1. The minimum atomic E-state index is -0.563. The van der Waals surface area contributed by atoms with E-state index in [0.29, 0.717) is 11.5 Å². The number of methoxy groups -OCH3 is 1. The number of fused-ring (bicyclic) bond motifs is 1. The van der Waals surface area contributed by atoms with E-state index in [1.807, 2.05) is 6.92 Å². The molecule has 0 aliphatic heterocycles. The Hall–Kier alpha value is -1.62. The summed E-state index contributed by atoms with van der Waals surface area (Å²) in [7, 11) is 1.56. The molecule has 0 aromatic carbocycles. The van der Waals surface area contributed by atoms with Crippen LogP contribution in [-0.2, 0) is 0 Å². The van der Waals surface area contributed by atoms with Crippen LogP contribution in [0.4, 0.5) is 0 Å². The van der Waals surface area contributed by atoms with E-state index in [0.717, 1.165) is 11.4 Å². The highest BCUT2D eigenvalue weighted by molar-refractivity contribution is 5.42. The molecule has 0 spiro atoms. The van der Waals surface area contributed by atoms with Gasteiger partial charge >= 0.3 is 0 Å². The summed E-state index contributed by atoms with van der Waals surface area (Å²) in [5.41, 5.74) is 2.29. The summed E-state index contributed by atoms with van der Waals surface area (Å²) in [6, 6.07) is 0. The number of aryl methyl sites for hydroxylation is 1. The van der Waals surface area contributed by atoms with Gasteiger partial charge in [0.1, 0.15) is 0 Å². The first-order valence-electron chi connectivity index (χ1n) is 4.70. The molecule has 0 aliphatic rings. The average Bonchev–Trinajstić information content (AvgIpc) is 2.52. The van der Waals surface area contributed by atoms with Gasteiger partial charge in [-0.2, -0.15) is 0 Å². The van der Waals surface area contributed by atoms with Crippen LogP contribution in [-0.4, -0.2) is 26.6 Å². The van der Waals surface area contributed by atoms with Gasteiger partial charge in [0, 0.05) is 0 Å². The molecule has 2 aromatic rings. The molecule has 0 amide bonds. The third-order valence-electron chi connectivity index (χ3n) is 2.31. The fourth-order valence-corrected chi connectivity index (χ4v) is 1.68. The molecule has 5 nitrogen and oxygen atoms in total. The van der Waals surface area contributed by atoms with E-state index in [1.54, 1.807) is 30.8 Å². The van der Waals surface area contributed by atoms with Crippen LogP contribution in [0.15, 0.2) is 12.4 Å². The molecular weight excluding hydrogens is 194 g/mol. The molecule has 0 aliphatic carbocycles. The van der Waals surface area contributed by atoms with Crippen LogP contribution < -0.4 is 4.74 Å². The van der Waals surface area contributed by atoms with Crippen molar-refractivity contribution >= 4 is 5.65 Å². The highest BCUT2D eigenvalue weighted by atomic mass is 16.5. The molecule has 0 saturated heterocycles. The zero-order chi connectivity index (χ0) is 11.0. The van der Waals surface area contributed by atoms with Crippen molar-refractivity contribution in [1.82, 2.24) is 14.4 Å². The Kier molecular flexibility index (Phi) is 2.32. The second-order valence-corrected chi connectivity index (χ2v) is 3.42. The fourth-order valence-electron chi connectivity index (χ4n) is 1.68. The SMILES string of the molecule is COc1cn2c(C(C)O)c(C)nc2cn1. The molecule has 2 heterocycles. The van der Waals surface area contributed by atoms with E-state index in [4.69, 9.17) is 4.74 Å². The van der Waals surface area contributed by atoms with Gasteiger partial charge in [-0.05, 0) is 13.8 Å². The average molecular weight is 207 g/mol. The molecule has 1 unspecified atom stereocenters. The van der Waals surface area contributed by atoms with Crippen molar-refractivity contribution in [1.29, 1.82) is 0 Å². The van der Waals surface area contributed by atoms with Crippen LogP contribution in [0.2, 0.25) is 0 Å². The summed E-state index contributed by atoms with van der Waals surface area (Å²) in [4.78, 5) is 8.35. The fraction of sp³-hybridized carbons (Fsp3) is 0.400. The number of hydrogen-bond acceptors (Lipinski definition) is 4. The number of aliphatic hydroxyl groups excluding tert-OH is 1. The summed E-state index contributed by atoms with van der Waals surface area (Å²) >= 11 is 0. The molecular formula is C10H13N3O2. The lowest BCUT2D eigenvalue weighted by Crippen LogP contribution is -2.00. The normalized spacial score (nSPS) is 13.1. The minimum absolute atomic E-state index is 0.502. The summed E-state index contributed by atoms with van der Waals surface area (Å²) in [6.07, 6.45) is 2.78. The molecule has 0 fully saturated rings. The van der Waals surface area contributed by atoms with Gasteiger partial charge in [-0.15, -0.1) is 0 Å². The molecule has 1 atom stereocenters. The summed E-state index contributed by atoms with van der Waals surface area (Å²) in [6.45, 7) is 3.57. The predicted octanol–water partition coefficient (Wildman–Crippen LogP) is 1.10. The van der Waals surface area contributed by atoms with E-state index in [-0.39, 0.29) is 0 Å². The van der Waals surface area contributed by atoms with E-state index < -0.39 is 6.10 Å². The van der Waals surface area contributed by atoms with Gasteiger partial charge in [0.15, 0.2) is 5.65 Å². The number of rotatable bonds is 2. The second kappa shape index (κ2) is 3.51. The molecule has 0 radical (unpaired) electrons. The van der Waals surface area contributed by atoms with E-state index >= 15 is 0 Å². The molecule has 1 N–H and O–H groups in total. The monoisotopic (exact) mass is 207 g/mol. The molecule has 2 rings (SSSR count). The van der Waals surface area contributed by atoms with Crippen molar-refractivity contribution in [2.45, 2.75) is 20.0 Å². The first-order valence-corrected chi connectivity index (χ1v) is 4.70. The van der Waals surface area contributed by atoms with Crippen LogP contribution in [0.1, 0.15) is 24.4 Å². The Morgan fingerprint density at radius 3 is 2.87 bits per heavy atom. The quantitative estimate of drug-likeness (QED) is 0.801. The van der Waals surface area contributed by atoms with E-state index in [9.17, 15) is 5.11 Å². The summed E-state index contributed by atoms with van der Waals surface area (Å²) < 4.78 is 6.82. The minimum Gasteiger partial charge on any atom is -0.480 e. The third kappa shape index (κ3) is 1.55. The highest BCUT2D eigenvalue weighted by Gasteiger charge is 2.13. The van der Waals surface area contributed by atoms with Crippen molar-refractivity contribution in [3.05, 3.63) is 23.8 Å². The summed E-state index contributed by atoms with van der Waals surface area (Å²) in [5.74, 6) is 0.502. The smallest absolute Gasteiger partial charge is 0.230 e. The first-order chi connectivity index (χ1) is 7.13. The number of aliphatic hydroxyl groups is 1. The van der Waals surface area contributed by atoms with Gasteiger partial charge in [-0.1, -0.05) is 0 Å². The van der Waals surface area contributed by atoms with Crippen LogP contribution in [0.25, 0.3) is 5.65 Å². The zero-order valence-electron chi connectivity index (χ0n) is 8.93. The Bertz CT molecular complexity index is 491. The van der Waals surface area contributed by atoms with Crippen LogP contribution in [0.5, 0.6) is 5.88 Å². The maximum Gasteiger partial charge on any atom is 0.230 e. The lowest BCUT2D eigenvalue weighted by Gasteiger charge is -2.06. The predicted molar refractivity (Wildman–Crippen MR) is 54.9 cm³/mol. The maximum atomic E-state index is 9.63. The van der Waals surface area contributed by atoms with Gasteiger partial charge in [-0.25, -0.2) is 9.97 Å². The van der Waals surface area contributed by atoms with Crippen molar-refractivity contribution < 1.29 is 9.84 Å². The third-order valence-corrected chi connectivity index (χ3v) is 2.31. The van der Waals surface area contributed by atoms with Gasteiger partial charge in [-0.3, -0.25) is 4.40 Å². The Morgan fingerprint density at radius 2 is 2.27 bits per heavy atom.